The maximum absolute atomic E-state index is 12.8. The topological polar surface area (TPSA) is 68.3 Å². The second kappa shape index (κ2) is 8.01. The van der Waals surface area contributed by atoms with Crippen LogP contribution < -0.4 is 14.2 Å². The molecule has 132 valence electrons. The molecule has 0 aliphatic carbocycles. The second-order valence-electron chi connectivity index (χ2n) is 5.68. The zero-order valence-electron chi connectivity index (χ0n) is 14.6. The van der Waals surface area contributed by atoms with Gasteiger partial charge in [-0.15, -0.1) is 0 Å². The predicted octanol–water partition coefficient (Wildman–Crippen LogP) is 1.06. The third-order valence-electron chi connectivity index (χ3n) is 4.02. The molecule has 7 heteroatoms. The highest BCUT2D eigenvalue weighted by Gasteiger charge is 2.25. The van der Waals surface area contributed by atoms with Gasteiger partial charge in [0.25, 0.3) is 5.91 Å². The number of benzene rings is 1. The Hall–Kier alpha value is -2.28. The van der Waals surface area contributed by atoms with Crippen LogP contribution in [0.15, 0.2) is 12.1 Å². The van der Waals surface area contributed by atoms with Gasteiger partial charge in [-0.25, -0.2) is 0 Å². The van der Waals surface area contributed by atoms with Crippen molar-refractivity contribution < 1.29 is 23.8 Å². The van der Waals surface area contributed by atoms with Crippen LogP contribution in [0.2, 0.25) is 0 Å². The molecule has 0 saturated carbocycles. The molecular formula is C17H24N2O5. The van der Waals surface area contributed by atoms with Crippen LogP contribution >= 0.6 is 0 Å². The molecule has 2 rings (SSSR count). The Morgan fingerprint density at radius 2 is 1.50 bits per heavy atom. The van der Waals surface area contributed by atoms with Crippen molar-refractivity contribution in [3.63, 3.8) is 0 Å². The summed E-state index contributed by atoms with van der Waals surface area (Å²) in [5.41, 5.74) is 0.490. The van der Waals surface area contributed by atoms with Crippen molar-refractivity contribution in [1.82, 2.24) is 9.80 Å². The summed E-state index contributed by atoms with van der Waals surface area (Å²) in [5.74, 6) is 1.42. The van der Waals surface area contributed by atoms with Crippen LogP contribution in [0.25, 0.3) is 0 Å². The van der Waals surface area contributed by atoms with Crippen molar-refractivity contribution in [2.24, 2.45) is 0 Å². The summed E-state index contributed by atoms with van der Waals surface area (Å²) in [4.78, 5) is 27.8. The highest BCUT2D eigenvalue weighted by Crippen LogP contribution is 2.38. The third kappa shape index (κ3) is 3.97. The molecule has 1 fully saturated rings. The fraction of sp³-hybridized carbons (Fsp3) is 0.529. The number of rotatable bonds is 6. The molecule has 24 heavy (non-hydrogen) atoms. The first kappa shape index (κ1) is 18.1. The van der Waals surface area contributed by atoms with Crippen molar-refractivity contribution in [2.45, 2.75) is 6.92 Å². The molecule has 0 bridgehead atoms. The maximum Gasteiger partial charge on any atom is 0.254 e. The average molecular weight is 336 g/mol. The van der Waals surface area contributed by atoms with E-state index in [0.717, 1.165) is 0 Å². The molecular weight excluding hydrogens is 312 g/mol. The first-order valence-corrected chi connectivity index (χ1v) is 7.81. The van der Waals surface area contributed by atoms with E-state index in [1.165, 1.54) is 21.3 Å². The highest BCUT2D eigenvalue weighted by atomic mass is 16.5. The van der Waals surface area contributed by atoms with Gasteiger partial charge in [0, 0.05) is 31.7 Å². The lowest BCUT2D eigenvalue weighted by Gasteiger charge is -2.34. The van der Waals surface area contributed by atoms with Gasteiger partial charge in [-0.3, -0.25) is 14.5 Å². The number of piperazine rings is 1. The predicted molar refractivity (Wildman–Crippen MR) is 89.1 cm³/mol. The Kier molecular flexibility index (Phi) is 6.03. The number of ether oxygens (including phenoxy) is 3. The van der Waals surface area contributed by atoms with Crippen molar-refractivity contribution in [3.05, 3.63) is 17.7 Å². The van der Waals surface area contributed by atoms with E-state index in [1.54, 1.807) is 24.0 Å². The van der Waals surface area contributed by atoms with Crippen LogP contribution in [0, 0.1) is 0 Å². The van der Waals surface area contributed by atoms with Crippen LogP contribution in [0.5, 0.6) is 17.2 Å². The number of carbonyl (C=O) groups is 2. The highest BCUT2D eigenvalue weighted by molar-refractivity contribution is 5.95. The molecule has 0 unspecified atom stereocenters. The standard InChI is InChI=1S/C17H24N2O5/c1-12(20)11-18-5-7-19(8-6-18)17(21)13-9-14(22-2)16(24-4)15(10-13)23-3/h9-10H,5-8,11H2,1-4H3. The Balaban J connectivity index is 2.14. The number of hydrogen-bond acceptors (Lipinski definition) is 6. The quantitative estimate of drug-likeness (QED) is 0.774. The number of carbonyl (C=O) groups excluding carboxylic acids is 2. The number of hydrogen-bond donors (Lipinski definition) is 0. The molecule has 1 amide bonds. The largest absolute Gasteiger partial charge is 0.493 e. The Morgan fingerprint density at radius 1 is 0.958 bits per heavy atom. The van der Waals surface area contributed by atoms with E-state index in [2.05, 4.69) is 4.90 Å². The molecule has 0 aromatic heterocycles. The maximum atomic E-state index is 12.8. The van der Waals surface area contributed by atoms with E-state index in [4.69, 9.17) is 14.2 Å². The molecule has 0 spiro atoms. The van der Waals surface area contributed by atoms with Crippen molar-refractivity contribution >= 4 is 11.7 Å². The number of methoxy groups -OCH3 is 3. The fourth-order valence-electron chi connectivity index (χ4n) is 2.81. The first-order valence-electron chi connectivity index (χ1n) is 7.81. The summed E-state index contributed by atoms with van der Waals surface area (Å²) in [5, 5.41) is 0. The van der Waals surface area contributed by atoms with Crippen LogP contribution in [-0.4, -0.2) is 75.5 Å². The van der Waals surface area contributed by atoms with Crippen LogP contribution in [0.4, 0.5) is 0 Å². The molecule has 0 N–H and O–H groups in total. The van der Waals surface area contributed by atoms with Crippen LogP contribution in [0.1, 0.15) is 17.3 Å². The second-order valence-corrected chi connectivity index (χ2v) is 5.68. The van der Waals surface area contributed by atoms with E-state index in [1.807, 2.05) is 0 Å². The first-order chi connectivity index (χ1) is 11.5. The summed E-state index contributed by atoms with van der Waals surface area (Å²) in [6.07, 6.45) is 0. The fourth-order valence-corrected chi connectivity index (χ4v) is 2.81. The molecule has 1 aromatic carbocycles. The average Bonchev–Trinajstić information content (AvgIpc) is 2.59. The van der Waals surface area contributed by atoms with Gasteiger partial charge in [-0.1, -0.05) is 0 Å². The summed E-state index contributed by atoms with van der Waals surface area (Å²) >= 11 is 0. The molecule has 0 atom stereocenters. The smallest absolute Gasteiger partial charge is 0.254 e. The minimum atomic E-state index is -0.0864. The molecule has 1 aromatic rings. The van der Waals surface area contributed by atoms with Gasteiger partial charge < -0.3 is 19.1 Å². The third-order valence-corrected chi connectivity index (χ3v) is 4.02. The van der Waals surface area contributed by atoms with Gasteiger partial charge in [0.1, 0.15) is 5.78 Å². The lowest BCUT2D eigenvalue weighted by atomic mass is 10.1. The van der Waals surface area contributed by atoms with Gasteiger partial charge >= 0.3 is 0 Å². The van der Waals surface area contributed by atoms with Crippen LogP contribution in [-0.2, 0) is 4.79 Å². The van der Waals surface area contributed by atoms with E-state index >= 15 is 0 Å². The van der Waals surface area contributed by atoms with Crippen molar-refractivity contribution in [2.75, 3.05) is 54.1 Å². The molecule has 1 aliphatic heterocycles. The minimum Gasteiger partial charge on any atom is -0.493 e. The Morgan fingerprint density at radius 3 is 1.92 bits per heavy atom. The van der Waals surface area contributed by atoms with Gasteiger partial charge in [-0.2, -0.15) is 0 Å². The molecule has 1 heterocycles. The minimum absolute atomic E-state index is 0.0864. The van der Waals surface area contributed by atoms with Crippen molar-refractivity contribution in [1.29, 1.82) is 0 Å². The summed E-state index contributed by atoms with van der Waals surface area (Å²) in [6, 6.07) is 3.32. The Bertz CT molecular complexity index is 584. The lowest BCUT2D eigenvalue weighted by Crippen LogP contribution is -2.49. The summed E-state index contributed by atoms with van der Waals surface area (Å²) < 4.78 is 15.9. The number of nitrogens with zero attached hydrogens (tertiary/aromatic N) is 2. The number of amides is 1. The number of Topliss-reactive ketones (excluding diaryl/α,β-unsaturated/α-hetero) is 1. The SMILES string of the molecule is COc1cc(C(=O)N2CCN(CC(C)=O)CC2)cc(OC)c1OC. The Labute approximate surface area is 142 Å². The van der Waals surface area contributed by atoms with Crippen molar-refractivity contribution in [3.8, 4) is 17.2 Å². The summed E-state index contributed by atoms with van der Waals surface area (Å²) in [6.45, 7) is 4.57. The normalized spacial score (nSPS) is 15.1. The zero-order valence-corrected chi connectivity index (χ0v) is 14.6. The molecule has 1 aliphatic rings. The molecule has 0 radical (unpaired) electrons. The monoisotopic (exact) mass is 336 g/mol. The van der Waals surface area contributed by atoms with Gasteiger partial charge in [-0.05, 0) is 19.1 Å². The zero-order chi connectivity index (χ0) is 17.7. The lowest BCUT2D eigenvalue weighted by molar-refractivity contribution is -0.118. The van der Waals surface area contributed by atoms with E-state index in [-0.39, 0.29) is 11.7 Å². The van der Waals surface area contributed by atoms with Crippen LogP contribution in [0.3, 0.4) is 0 Å². The van der Waals surface area contributed by atoms with Gasteiger partial charge in [0.2, 0.25) is 5.75 Å². The van der Waals surface area contributed by atoms with E-state index in [0.29, 0.717) is 55.5 Å². The van der Waals surface area contributed by atoms with E-state index in [9.17, 15) is 9.59 Å². The van der Waals surface area contributed by atoms with E-state index < -0.39 is 0 Å². The molecule has 1 saturated heterocycles. The van der Waals surface area contributed by atoms with Gasteiger partial charge in [0.05, 0.1) is 27.9 Å². The summed E-state index contributed by atoms with van der Waals surface area (Å²) in [7, 11) is 4.56. The van der Waals surface area contributed by atoms with Gasteiger partial charge in [0.15, 0.2) is 11.5 Å². The molecule has 7 nitrogen and oxygen atoms in total. The number of ketones is 1.